The van der Waals surface area contributed by atoms with E-state index >= 15 is 0 Å². The fourth-order valence-electron chi connectivity index (χ4n) is 3.00. The Hall–Kier alpha value is -3.21. The molecule has 0 aliphatic heterocycles. The molecule has 4 aromatic rings. The van der Waals surface area contributed by atoms with Crippen molar-refractivity contribution in [1.29, 1.82) is 0 Å². The molecule has 0 spiro atoms. The molecular weight excluding hydrogens is 300 g/mol. The van der Waals surface area contributed by atoms with Crippen molar-refractivity contribution in [2.45, 2.75) is 13.8 Å². The molecule has 118 valence electrons. The molecule has 5 heteroatoms. The first-order valence-corrected chi connectivity index (χ1v) is 7.76. The third kappa shape index (κ3) is 2.22. The number of rotatable bonds is 2. The van der Waals surface area contributed by atoms with Gasteiger partial charge in [-0.05, 0) is 38.1 Å². The third-order valence-electron chi connectivity index (χ3n) is 4.13. The van der Waals surface area contributed by atoms with Gasteiger partial charge in [-0.1, -0.05) is 30.3 Å². The predicted molar refractivity (Wildman–Crippen MR) is 94.4 cm³/mol. The molecule has 0 atom stereocenters. The number of benzene rings is 2. The monoisotopic (exact) mass is 316 g/mol. The lowest BCUT2D eigenvalue weighted by Crippen LogP contribution is -2.12. The van der Waals surface area contributed by atoms with Crippen molar-refractivity contribution in [3.63, 3.8) is 0 Å². The van der Waals surface area contributed by atoms with Crippen molar-refractivity contribution in [1.82, 2.24) is 19.7 Å². The Morgan fingerprint density at radius 1 is 0.958 bits per heavy atom. The Morgan fingerprint density at radius 3 is 2.46 bits per heavy atom. The van der Waals surface area contributed by atoms with Crippen LogP contribution in [0.3, 0.4) is 0 Å². The van der Waals surface area contributed by atoms with E-state index < -0.39 is 0 Å². The van der Waals surface area contributed by atoms with Gasteiger partial charge in [-0.2, -0.15) is 5.10 Å². The van der Waals surface area contributed by atoms with Gasteiger partial charge in [-0.3, -0.25) is 4.79 Å². The first-order chi connectivity index (χ1) is 11.6. The van der Waals surface area contributed by atoms with Gasteiger partial charge in [0.1, 0.15) is 5.69 Å². The van der Waals surface area contributed by atoms with Gasteiger partial charge in [-0.15, -0.1) is 0 Å². The SMILES string of the molecule is Cc1nn(-c2ccccc2)c(C)c1-c1nc2ccccc2[nH]c1=O. The number of aromatic nitrogens is 4. The minimum atomic E-state index is -0.201. The Bertz CT molecular complexity index is 1090. The zero-order valence-corrected chi connectivity index (χ0v) is 13.4. The molecule has 2 aromatic heterocycles. The lowest BCUT2D eigenvalue weighted by atomic mass is 10.1. The zero-order chi connectivity index (χ0) is 16.7. The summed E-state index contributed by atoms with van der Waals surface area (Å²) in [5, 5.41) is 4.60. The molecule has 0 saturated heterocycles. The van der Waals surface area contributed by atoms with Crippen LogP contribution in [0.25, 0.3) is 28.0 Å². The summed E-state index contributed by atoms with van der Waals surface area (Å²) in [4.78, 5) is 20.0. The van der Waals surface area contributed by atoms with Crippen LogP contribution in [0.2, 0.25) is 0 Å². The first-order valence-electron chi connectivity index (χ1n) is 7.76. The Labute approximate surface area is 138 Å². The second-order valence-electron chi connectivity index (χ2n) is 5.72. The Morgan fingerprint density at radius 2 is 1.67 bits per heavy atom. The lowest BCUT2D eigenvalue weighted by molar-refractivity contribution is 0.834. The van der Waals surface area contributed by atoms with E-state index in [-0.39, 0.29) is 5.56 Å². The van der Waals surface area contributed by atoms with Gasteiger partial charge in [0, 0.05) is 0 Å². The van der Waals surface area contributed by atoms with Crippen LogP contribution in [-0.2, 0) is 0 Å². The maximum Gasteiger partial charge on any atom is 0.275 e. The fourth-order valence-corrected chi connectivity index (χ4v) is 3.00. The molecule has 0 fully saturated rings. The number of aromatic amines is 1. The van der Waals surface area contributed by atoms with Crippen LogP contribution in [0.1, 0.15) is 11.4 Å². The van der Waals surface area contributed by atoms with E-state index in [1.54, 1.807) is 0 Å². The molecule has 1 N–H and O–H groups in total. The van der Waals surface area contributed by atoms with Gasteiger partial charge in [0.05, 0.1) is 33.7 Å². The van der Waals surface area contributed by atoms with Gasteiger partial charge in [0.25, 0.3) is 5.56 Å². The van der Waals surface area contributed by atoms with Crippen molar-refractivity contribution in [2.24, 2.45) is 0 Å². The second-order valence-corrected chi connectivity index (χ2v) is 5.72. The summed E-state index contributed by atoms with van der Waals surface area (Å²) < 4.78 is 1.85. The minimum Gasteiger partial charge on any atom is -0.319 e. The van der Waals surface area contributed by atoms with E-state index in [9.17, 15) is 4.79 Å². The molecule has 0 bridgehead atoms. The Kier molecular flexibility index (Phi) is 3.27. The van der Waals surface area contributed by atoms with Crippen LogP contribution in [0.15, 0.2) is 59.4 Å². The van der Waals surface area contributed by atoms with Gasteiger partial charge in [0.15, 0.2) is 0 Å². The summed E-state index contributed by atoms with van der Waals surface area (Å²) in [6, 6.07) is 17.4. The molecule has 24 heavy (non-hydrogen) atoms. The number of hydrogen-bond acceptors (Lipinski definition) is 3. The summed E-state index contributed by atoms with van der Waals surface area (Å²) in [6.07, 6.45) is 0. The van der Waals surface area contributed by atoms with E-state index in [1.807, 2.05) is 73.1 Å². The summed E-state index contributed by atoms with van der Waals surface area (Å²) in [6.45, 7) is 3.86. The van der Waals surface area contributed by atoms with Crippen molar-refractivity contribution < 1.29 is 0 Å². The number of nitrogens with one attached hydrogen (secondary N) is 1. The maximum atomic E-state index is 12.5. The average molecular weight is 316 g/mol. The van der Waals surface area contributed by atoms with E-state index in [1.165, 1.54) is 0 Å². The lowest BCUT2D eigenvalue weighted by Gasteiger charge is -2.05. The largest absolute Gasteiger partial charge is 0.319 e. The number of H-pyrrole nitrogens is 1. The molecule has 0 unspecified atom stereocenters. The normalized spacial score (nSPS) is 11.1. The first kappa shape index (κ1) is 14.4. The van der Waals surface area contributed by atoms with Gasteiger partial charge < -0.3 is 4.98 Å². The van der Waals surface area contributed by atoms with Crippen LogP contribution in [0, 0.1) is 13.8 Å². The molecular formula is C19H16N4O. The maximum absolute atomic E-state index is 12.5. The molecule has 4 rings (SSSR count). The Balaban J connectivity index is 1.96. The van der Waals surface area contributed by atoms with Gasteiger partial charge >= 0.3 is 0 Å². The van der Waals surface area contributed by atoms with Crippen LogP contribution in [-0.4, -0.2) is 19.7 Å². The summed E-state index contributed by atoms with van der Waals surface area (Å²) in [5.41, 5.74) is 5.12. The molecule has 0 radical (unpaired) electrons. The molecule has 2 aromatic carbocycles. The average Bonchev–Trinajstić information content (AvgIpc) is 2.90. The number of hydrogen-bond donors (Lipinski definition) is 1. The summed E-state index contributed by atoms with van der Waals surface area (Å²) in [5.74, 6) is 0. The van der Waals surface area contributed by atoms with E-state index in [4.69, 9.17) is 0 Å². The van der Waals surface area contributed by atoms with Crippen LogP contribution >= 0.6 is 0 Å². The number of fused-ring (bicyclic) bond motifs is 1. The third-order valence-corrected chi connectivity index (χ3v) is 4.13. The van der Waals surface area contributed by atoms with E-state index in [0.29, 0.717) is 5.69 Å². The zero-order valence-electron chi connectivity index (χ0n) is 13.4. The number of aryl methyl sites for hydroxylation is 1. The quantitative estimate of drug-likeness (QED) is 0.616. The van der Waals surface area contributed by atoms with Crippen molar-refractivity contribution in [3.8, 4) is 16.9 Å². The molecule has 2 heterocycles. The second kappa shape index (κ2) is 5.45. The molecule has 0 amide bonds. The highest BCUT2D eigenvalue weighted by Crippen LogP contribution is 2.26. The predicted octanol–water partition coefficient (Wildman–Crippen LogP) is 3.39. The van der Waals surface area contributed by atoms with Crippen LogP contribution in [0.4, 0.5) is 0 Å². The van der Waals surface area contributed by atoms with Crippen molar-refractivity contribution >= 4 is 11.0 Å². The molecule has 0 aliphatic rings. The van der Waals surface area contributed by atoms with Crippen molar-refractivity contribution in [2.75, 3.05) is 0 Å². The smallest absolute Gasteiger partial charge is 0.275 e. The highest BCUT2D eigenvalue weighted by molar-refractivity contribution is 5.77. The van der Waals surface area contributed by atoms with Crippen LogP contribution in [0.5, 0.6) is 0 Å². The van der Waals surface area contributed by atoms with Crippen LogP contribution < -0.4 is 5.56 Å². The summed E-state index contributed by atoms with van der Waals surface area (Å²) >= 11 is 0. The van der Waals surface area contributed by atoms with E-state index in [2.05, 4.69) is 15.1 Å². The number of para-hydroxylation sites is 3. The highest BCUT2D eigenvalue weighted by atomic mass is 16.1. The number of nitrogens with zero attached hydrogens (tertiary/aromatic N) is 3. The standard InChI is InChI=1S/C19H16N4O/c1-12-17(13(2)23(22-12)14-8-4-3-5-9-14)18-19(24)21-16-11-7-6-10-15(16)20-18/h3-11H,1-2H3,(H,21,24). The molecule has 0 aliphatic carbocycles. The summed E-state index contributed by atoms with van der Waals surface area (Å²) in [7, 11) is 0. The molecule has 5 nitrogen and oxygen atoms in total. The van der Waals surface area contributed by atoms with Gasteiger partial charge in [-0.25, -0.2) is 9.67 Å². The fraction of sp³-hybridized carbons (Fsp3) is 0.105. The topological polar surface area (TPSA) is 63.6 Å². The highest BCUT2D eigenvalue weighted by Gasteiger charge is 2.18. The minimum absolute atomic E-state index is 0.201. The molecule has 0 saturated carbocycles. The van der Waals surface area contributed by atoms with Crippen molar-refractivity contribution in [3.05, 3.63) is 76.3 Å². The van der Waals surface area contributed by atoms with Gasteiger partial charge in [0.2, 0.25) is 0 Å². The van der Waals surface area contributed by atoms with E-state index in [0.717, 1.165) is 33.7 Å².